The smallest absolute Gasteiger partial charge is 0.0873 e. The fourth-order valence-corrected chi connectivity index (χ4v) is 2.65. The van der Waals surface area contributed by atoms with Gasteiger partial charge in [-0.3, -0.25) is 0 Å². The molecule has 2 aromatic carbocycles. The second-order valence-corrected chi connectivity index (χ2v) is 4.50. The first-order chi connectivity index (χ1) is 8.45. The second kappa shape index (κ2) is 4.73. The quantitative estimate of drug-likeness (QED) is 0.814. The van der Waals surface area contributed by atoms with Crippen molar-refractivity contribution in [2.75, 3.05) is 0 Å². The Labute approximate surface area is 105 Å². The molecule has 0 bridgehead atoms. The van der Waals surface area contributed by atoms with Crippen molar-refractivity contribution in [3.63, 3.8) is 0 Å². The normalized spacial score (nSPS) is 19.1. The Morgan fingerprint density at radius 2 is 1.53 bits per heavy atom. The summed E-state index contributed by atoms with van der Waals surface area (Å²) in [5.41, 5.74) is 3.53. The highest BCUT2D eigenvalue weighted by atomic mass is 32.2. The summed E-state index contributed by atoms with van der Waals surface area (Å²) < 4.78 is 7.82. The number of hydrogen-bond donors (Lipinski definition) is 1. The predicted octanol–water partition coefficient (Wildman–Crippen LogP) is 3.38. The van der Waals surface area contributed by atoms with Gasteiger partial charge in [0, 0.05) is 0 Å². The van der Waals surface area contributed by atoms with Crippen LogP contribution in [-0.2, 0) is 0 Å². The summed E-state index contributed by atoms with van der Waals surface area (Å²) in [5.74, 6) is 0. The number of rotatable bonds is 2. The minimum atomic E-state index is 0.184. The third-order valence-corrected chi connectivity index (χ3v) is 3.42. The van der Waals surface area contributed by atoms with Crippen molar-refractivity contribution in [1.29, 1.82) is 0 Å². The maximum Gasteiger partial charge on any atom is 0.0873 e. The van der Waals surface area contributed by atoms with Crippen LogP contribution in [0.15, 0.2) is 65.1 Å². The molecule has 0 saturated heterocycles. The van der Waals surface area contributed by atoms with Gasteiger partial charge in [-0.25, -0.2) is 9.12 Å². The summed E-state index contributed by atoms with van der Waals surface area (Å²) in [6.07, 6.45) is 0. The molecule has 0 aliphatic carbocycles. The molecular formula is C14H12N2S. The number of hydrogen-bond acceptors (Lipinski definition) is 3. The zero-order valence-corrected chi connectivity index (χ0v) is 10.0. The van der Waals surface area contributed by atoms with E-state index >= 15 is 0 Å². The van der Waals surface area contributed by atoms with Crippen molar-refractivity contribution >= 4 is 17.8 Å². The van der Waals surface area contributed by atoms with Gasteiger partial charge in [0.1, 0.15) is 0 Å². The lowest BCUT2D eigenvalue weighted by molar-refractivity contribution is 0.903. The molecule has 1 N–H and O–H groups in total. The molecule has 1 unspecified atom stereocenters. The van der Waals surface area contributed by atoms with E-state index in [9.17, 15) is 0 Å². The average Bonchev–Trinajstić information content (AvgIpc) is 2.90. The first-order valence-electron chi connectivity index (χ1n) is 5.55. The molecule has 0 fully saturated rings. The zero-order chi connectivity index (χ0) is 11.5. The molecular weight excluding hydrogens is 228 g/mol. The molecule has 0 aromatic heterocycles. The van der Waals surface area contributed by atoms with Crippen LogP contribution < -0.4 is 4.72 Å². The minimum Gasteiger partial charge on any atom is -0.231 e. The highest BCUT2D eigenvalue weighted by Crippen LogP contribution is 2.28. The van der Waals surface area contributed by atoms with Gasteiger partial charge < -0.3 is 0 Å². The summed E-state index contributed by atoms with van der Waals surface area (Å²) in [6.45, 7) is 0. The summed E-state index contributed by atoms with van der Waals surface area (Å²) in [6, 6.07) is 20.9. The van der Waals surface area contributed by atoms with E-state index in [0.717, 1.165) is 5.71 Å². The maximum atomic E-state index is 4.49. The predicted molar refractivity (Wildman–Crippen MR) is 72.9 cm³/mol. The van der Waals surface area contributed by atoms with Gasteiger partial charge in [0.15, 0.2) is 0 Å². The van der Waals surface area contributed by atoms with Gasteiger partial charge in [0.2, 0.25) is 0 Å². The van der Waals surface area contributed by atoms with Crippen LogP contribution in [0.5, 0.6) is 0 Å². The van der Waals surface area contributed by atoms with E-state index in [0.29, 0.717) is 0 Å². The summed E-state index contributed by atoms with van der Waals surface area (Å²) in [7, 11) is 0. The van der Waals surface area contributed by atoms with E-state index in [2.05, 4.69) is 45.5 Å². The van der Waals surface area contributed by atoms with Crippen LogP contribution in [0.4, 0.5) is 0 Å². The summed E-state index contributed by atoms with van der Waals surface area (Å²) in [5, 5.41) is 0. The summed E-state index contributed by atoms with van der Waals surface area (Å²) in [4.78, 5) is 0. The van der Waals surface area contributed by atoms with Crippen LogP contribution in [0.3, 0.4) is 0 Å². The Morgan fingerprint density at radius 3 is 2.24 bits per heavy atom. The van der Waals surface area contributed by atoms with Crippen LogP contribution in [0.25, 0.3) is 0 Å². The van der Waals surface area contributed by atoms with E-state index in [1.165, 1.54) is 23.3 Å². The van der Waals surface area contributed by atoms with Crippen LogP contribution in [0, 0.1) is 0 Å². The third kappa shape index (κ3) is 2.12. The van der Waals surface area contributed by atoms with Crippen molar-refractivity contribution in [3.8, 4) is 0 Å². The molecule has 84 valence electrons. The molecule has 3 rings (SSSR count). The molecule has 1 aliphatic rings. The monoisotopic (exact) mass is 240 g/mol. The lowest BCUT2D eigenvalue weighted by Gasteiger charge is -2.12. The first-order valence-corrected chi connectivity index (χ1v) is 6.32. The van der Waals surface area contributed by atoms with Gasteiger partial charge in [0.05, 0.1) is 23.9 Å². The van der Waals surface area contributed by atoms with Crippen LogP contribution in [0.1, 0.15) is 17.2 Å². The zero-order valence-electron chi connectivity index (χ0n) is 9.21. The highest BCUT2D eigenvalue weighted by Gasteiger charge is 2.24. The third-order valence-electron chi connectivity index (χ3n) is 2.79. The molecule has 0 amide bonds. The number of nitrogens with zero attached hydrogens (tertiary/aromatic N) is 1. The molecule has 3 heteroatoms. The van der Waals surface area contributed by atoms with Crippen molar-refractivity contribution < 1.29 is 0 Å². The number of nitrogens with one attached hydrogen (secondary N) is 1. The van der Waals surface area contributed by atoms with Crippen LogP contribution >= 0.6 is 12.1 Å². The molecule has 1 aliphatic heterocycles. The van der Waals surface area contributed by atoms with Crippen LogP contribution in [0.2, 0.25) is 0 Å². The van der Waals surface area contributed by atoms with Crippen molar-refractivity contribution in [2.45, 2.75) is 6.04 Å². The molecule has 2 nitrogen and oxygen atoms in total. The largest absolute Gasteiger partial charge is 0.231 e. The van der Waals surface area contributed by atoms with Gasteiger partial charge >= 0.3 is 0 Å². The highest BCUT2D eigenvalue weighted by molar-refractivity contribution is 7.96. The molecule has 17 heavy (non-hydrogen) atoms. The van der Waals surface area contributed by atoms with Crippen molar-refractivity contribution in [1.82, 2.24) is 4.72 Å². The van der Waals surface area contributed by atoms with Gasteiger partial charge in [-0.15, -0.1) is 0 Å². The van der Waals surface area contributed by atoms with Crippen molar-refractivity contribution in [3.05, 3.63) is 71.8 Å². The van der Waals surface area contributed by atoms with Gasteiger partial charge in [-0.05, 0) is 11.1 Å². The van der Waals surface area contributed by atoms with E-state index < -0.39 is 0 Å². The standard InChI is InChI=1S/C14H12N2S/c1-3-7-11(8-4-1)13-14(16-17-15-13)12-9-5-2-6-10-12/h1-10,13,15H. The van der Waals surface area contributed by atoms with Gasteiger partial charge in [-0.2, -0.15) is 0 Å². The number of benzene rings is 2. The lowest BCUT2D eigenvalue weighted by Crippen LogP contribution is -2.18. The minimum absolute atomic E-state index is 0.184. The molecule has 0 spiro atoms. The topological polar surface area (TPSA) is 24.4 Å². The van der Waals surface area contributed by atoms with E-state index in [4.69, 9.17) is 0 Å². The first kappa shape index (κ1) is 10.6. The Bertz CT molecular complexity index is 522. The average molecular weight is 240 g/mol. The van der Waals surface area contributed by atoms with Gasteiger partial charge in [0.25, 0.3) is 0 Å². The fraction of sp³-hybridized carbons (Fsp3) is 0.0714. The van der Waals surface area contributed by atoms with E-state index in [1.807, 2.05) is 24.3 Å². The van der Waals surface area contributed by atoms with Crippen molar-refractivity contribution in [2.24, 2.45) is 4.40 Å². The molecule has 2 aromatic rings. The molecule has 1 atom stereocenters. The second-order valence-electron chi connectivity index (χ2n) is 3.90. The Morgan fingerprint density at radius 1 is 0.882 bits per heavy atom. The SMILES string of the molecule is c1ccc(C2=NSNC2c2ccccc2)cc1. The molecule has 0 saturated carbocycles. The summed E-state index contributed by atoms with van der Waals surface area (Å²) >= 11 is 1.42. The van der Waals surface area contributed by atoms with E-state index in [-0.39, 0.29) is 6.04 Å². The Kier molecular flexibility index (Phi) is 2.94. The van der Waals surface area contributed by atoms with Gasteiger partial charge in [-0.1, -0.05) is 60.7 Å². The fourth-order valence-electron chi connectivity index (χ4n) is 1.94. The Hall–Kier alpha value is -1.58. The lowest BCUT2D eigenvalue weighted by atomic mass is 9.98. The molecule has 0 radical (unpaired) electrons. The van der Waals surface area contributed by atoms with E-state index in [1.54, 1.807) is 0 Å². The maximum absolute atomic E-state index is 4.49. The Balaban J connectivity index is 1.96. The molecule has 1 heterocycles. The van der Waals surface area contributed by atoms with Crippen LogP contribution in [-0.4, -0.2) is 5.71 Å².